The Morgan fingerprint density at radius 2 is 1.10 bits per heavy atom. The second kappa shape index (κ2) is 6.34. The maximum atomic E-state index is 6.38. The van der Waals surface area contributed by atoms with Crippen LogP contribution in [0, 0.1) is 26.0 Å². The lowest BCUT2D eigenvalue weighted by Gasteiger charge is -2.20. The summed E-state index contributed by atoms with van der Waals surface area (Å²) in [6, 6.07) is 14.4. The first-order chi connectivity index (χ1) is 9.91. The molecule has 0 spiro atoms. The van der Waals surface area contributed by atoms with E-state index in [0.29, 0.717) is 11.8 Å². The maximum absolute atomic E-state index is 6.38. The average molecular weight is 280 g/mol. The molecule has 0 aliphatic heterocycles. The number of aryl methyl sites for hydroxylation is 2. The second-order valence-electron chi connectivity index (χ2n) is 6.26. The van der Waals surface area contributed by atoms with Crippen molar-refractivity contribution in [2.24, 2.45) is 0 Å². The number of ether oxygens (including phenoxy) is 1. The van der Waals surface area contributed by atoms with Crippen LogP contribution in [0.4, 0.5) is 0 Å². The predicted octanol–water partition coefficient (Wildman–Crippen LogP) is 5.94. The van der Waals surface area contributed by atoms with Crippen molar-refractivity contribution in [2.75, 3.05) is 0 Å². The summed E-state index contributed by atoms with van der Waals surface area (Å²) in [7, 11) is 0. The number of benzene rings is 2. The van der Waals surface area contributed by atoms with Crippen LogP contribution in [0.2, 0.25) is 0 Å². The van der Waals surface area contributed by atoms with Crippen molar-refractivity contribution in [3.63, 3.8) is 0 Å². The summed E-state index contributed by atoms with van der Waals surface area (Å²) in [5.74, 6) is 2.77. The van der Waals surface area contributed by atoms with E-state index >= 15 is 0 Å². The van der Waals surface area contributed by atoms with Crippen LogP contribution >= 0.6 is 0 Å². The van der Waals surface area contributed by atoms with Crippen LogP contribution in [-0.2, 0) is 0 Å². The number of hydrogen-bond acceptors (Lipinski definition) is 1. The van der Waals surface area contributed by atoms with Crippen LogP contribution in [0.1, 0.15) is 61.8 Å². The van der Waals surface area contributed by atoms with Crippen LogP contribution < -0.4 is 4.74 Å². The summed E-state index contributed by atoms with van der Waals surface area (Å²) in [6.07, 6.45) is 0. The minimum atomic E-state index is 0.411. The SMILES string of the molecule is Cc1c[c]cc(C(C)C)c1Oc1c(C)c[c]cc1C(C)C. The summed E-state index contributed by atoms with van der Waals surface area (Å²) in [6.45, 7) is 12.9. The molecule has 1 heteroatoms. The topological polar surface area (TPSA) is 9.23 Å². The third kappa shape index (κ3) is 3.29. The fraction of sp³-hybridized carbons (Fsp3) is 0.400. The van der Waals surface area contributed by atoms with Crippen molar-refractivity contribution in [1.82, 2.24) is 0 Å². The van der Waals surface area contributed by atoms with Crippen molar-refractivity contribution < 1.29 is 4.74 Å². The fourth-order valence-corrected chi connectivity index (χ4v) is 2.47. The van der Waals surface area contributed by atoms with Crippen molar-refractivity contribution in [1.29, 1.82) is 0 Å². The minimum absolute atomic E-state index is 0.411. The lowest BCUT2D eigenvalue weighted by Crippen LogP contribution is -2.01. The Morgan fingerprint density at radius 3 is 1.43 bits per heavy atom. The van der Waals surface area contributed by atoms with E-state index in [-0.39, 0.29) is 0 Å². The zero-order valence-electron chi connectivity index (χ0n) is 13.9. The predicted molar refractivity (Wildman–Crippen MR) is 88.3 cm³/mol. The Labute approximate surface area is 129 Å². The Hall–Kier alpha value is -1.76. The van der Waals surface area contributed by atoms with Crippen LogP contribution in [0.5, 0.6) is 11.5 Å². The van der Waals surface area contributed by atoms with Crippen molar-refractivity contribution in [2.45, 2.75) is 53.4 Å². The van der Waals surface area contributed by atoms with Gasteiger partial charge in [-0.1, -0.05) is 27.7 Å². The third-order valence-corrected chi connectivity index (χ3v) is 3.77. The quantitative estimate of drug-likeness (QED) is 0.673. The molecule has 0 atom stereocenters. The zero-order chi connectivity index (χ0) is 15.6. The molecule has 0 unspecified atom stereocenters. The standard InChI is InChI=1S/C20H24O/c1-13(2)17-11-7-9-15(5)19(17)21-20-16(6)10-8-12-18(20)14(3)4/h9-14H,1-6H3. The molecule has 2 aromatic carbocycles. The molecule has 0 heterocycles. The van der Waals surface area contributed by atoms with E-state index in [1.807, 2.05) is 24.3 Å². The van der Waals surface area contributed by atoms with Gasteiger partial charge in [0.05, 0.1) is 0 Å². The molecule has 0 N–H and O–H groups in total. The molecule has 0 aliphatic rings. The average Bonchev–Trinajstić information content (AvgIpc) is 2.42. The number of hydrogen-bond donors (Lipinski definition) is 0. The van der Waals surface area contributed by atoms with Crippen molar-refractivity contribution in [3.05, 3.63) is 58.7 Å². The number of rotatable bonds is 4. The highest BCUT2D eigenvalue weighted by molar-refractivity contribution is 5.49. The maximum Gasteiger partial charge on any atom is 0.133 e. The lowest BCUT2D eigenvalue weighted by atomic mass is 9.98. The first-order valence-electron chi connectivity index (χ1n) is 7.60. The molecule has 0 fully saturated rings. The summed E-state index contributed by atoms with van der Waals surface area (Å²) >= 11 is 0. The highest BCUT2D eigenvalue weighted by atomic mass is 16.5. The molecule has 0 saturated heterocycles. The van der Waals surface area contributed by atoms with E-state index in [2.05, 4.69) is 53.7 Å². The Kier molecular flexibility index (Phi) is 4.72. The largest absolute Gasteiger partial charge is 0.456 e. The summed E-state index contributed by atoms with van der Waals surface area (Å²) < 4.78 is 6.38. The smallest absolute Gasteiger partial charge is 0.133 e. The molecular weight excluding hydrogens is 256 g/mol. The van der Waals surface area contributed by atoms with Crippen LogP contribution in [0.15, 0.2) is 24.3 Å². The highest BCUT2D eigenvalue weighted by Crippen LogP contribution is 2.38. The van der Waals surface area contributed by atoms with Gasteiger partial charge in [-0.05, 0) is 84.3 Å². The molecular formula is C20H24O. The van der Waals surface area contributed by atoms with Gasteiger partial charge >= 0.3 is 0 Å². The molecule has 110 valence electrons. The van der Waals surface area contributed by atoms with Gasteiger partial charge in [0.2, 0.25) is 0 Å². The van der Waals surface area contributed by atoms with Gasteiger partial charge in [-0.2, -0.15) is 0 Å². The van der Waals surface area contributed by atoms with Gasteiger partial charge in [-0.3, -0.25) is 0 Å². The van der Waals surface area contributed by atoms with Crippen LogP contribution in [0.3, 0.4) is 0 Å². The lowest BCUT2D eigenvalue weighted by molar-refractivity contribution is 0.457. The molecule has 0 bridgehead atoms. The molecule has 1 nitrogen and oxygen atoms in total. The van der Waals surface area contributed by atoms with E-state index < -0.39 is 0 Å². The van der Waals surface area contributed by atoms with Gasteiger partial charge in [0.1, 0.15) is 11.5 Å². The summed E-state index contributed by atoms with van der Waals surface area (Å²) in [5, 5.41) is 0. The van der Waals surface area contributed by atoms with Crippen molar-refractivity contribution in [3.8, 4) is 11.5 Å². The second-order valence-corrected chi connectivity index (χ2v) is 6.26. The molecule has 21 heavy (non-hydrogen) atoms. The van der Waals surface area contributed by atoms with Gasteiger partial charge in [0.25, 0.3) is 0 Å². The van der Waals surface area contributed by atoms with Gasteiger partial charge in [0, 0.05) is 0 Å². The molecule has 0 amide bonds. The van der Waals surface area contributed by atoms with Crippen LogP contribution in [-0.4, -0.2) is 0 Å². The first kappa shape index (κ1) is 15.6. The molecule has 0 saturated carbocycles. The summed E-state index contributed by atoms with van der Waals surface area (Å²) in [5.41, 5.74) is 4.67. The Bertz CT molecular complexity index is 568. The molecule has 0 aromatic heterocycles. The Balaban J connectivity index is 2.53. The van der Waals surface area contributed by atoms with E-state index in [0.717, 1.165) is 22.6 Å². The zero-order valence-corrected chi connectivity index (χ0v) is 13.9. The van der Waals surface area contributed by atoms with E-state index in [9.17, 15) is 0 Å². The van der Waals surface area contributed by atoms with Crippen LogP contribution in [0.25, 0.3) is 0 Å². The summed E-state index contributed by atoms with van der Waals surface area (Å²) in [4.78, 5) is 0. The molecule has 0 aliphatic carbocycles. The minimum Gasteiger partial charge on any atom is -0.456 e. The molecule has 2 radical (unpaired) electrons. The third-order valence-electron chi connectivity index (χ3n) is 3.77. The van der Waals surface area contributed by atoms with Gasteiger partial charge in [-0.15, -0.1) is 0 Å². The Morgan fingerprint density at radius 1 is 0.714 bits per heavy atom. The fourth-order valence-electron chi connectivity index (χ4n) is 2.47. The normalized spacial score (nSPS) is 11.2. The van der Waals surface area contributed by atoms with E-state index in [1.54, 1.807) is 0 Å². The monoisotopic (exact) mass is 280 g/mol. The molecule has 2 aromatic rings. The van der Waals surface area contributed by atoms with Crippen molar-refractivity contribution >= 4 is 0 Å². The highest BCUT2D eigenvalue weighted by Gasteiger charge is 2.16. The first-order valence-corrected chi connectivity index (χ1v) is 7.60. The molecule has 2 rings (SSSR count). The van der Waals surface area contributed by atoms with E-state index in [1.165, 1.54) is 11.1 Å². The van der Waals surface area contributed by atoms with Gasteiger partial charge in [-0.25, -0.2) is 0 Å². The van der Waals surface area contributed by atoms with Gasteiger partial charge in [0.15, 0.2) is 0 Å². The van der Waals surface area contributed by atoms with E-state index in [4.69, 9.17) is 4.74 Å². The van der Waals surface area contributed by atoms with Gasteiger partial charge < -0.3 is 4.74 Å².